The van der Waals surface area contributed by atoms with Crippen LogP contribution in [0.2, 0.25) is 0 Å². The van der Waals surface area contributed by atoms with Gasteiger partial charge in [-0.3, -0.25) is 4.79 Å². The maximum absolute atomic E-state index is 12.3. The van der Waals surface area contributed by atoms with Gasteiger partial charge in [-0.25, -0.2) is 0 Å². The Balaban J connectivity index is 2.67. The summed E-state index contributed by atoms with van der Waals surface area (Å²) in [6, 6.07) is 4.19. The Hall–Kier alpha value is -1.44. The topological polar surface area (TPSA) is 47.6 Å². The summed E-state index contributed by atoms with van der Waals surface area (Å²) in [5.74, 6) is -0.786. The molecule has 0 spiro atoms. The minimum absolute atomic E-state index is 0.0510. The predicted molar refractivity (Wildman–Crippen MR) is 70.6 cm³/mol. The molecule has 4 nitrogen and oxygen atoms in total. The minimum Gasteiger partial charge on any atom is -0.466 e. The first-order chi connectivity index (χ1) is 9.31. The molecule has 0 bridgehead atoms. The highest BCUT2D eigenvalue weighted by Gasteiger charge is 2.32. The van der Waals surface area contributed by atoms with Gasteiger partial charge in [0.05, 0.1) is 18.7 Å². The largest absolute Gasteiger partial charge is 0.573 e. The number of rotatable bonds is 6. The molecule has 1 aromatic carbocycles. The van der Waals surface area contributed by atoms with Crippen molar-refractivity contribution in [3.05, 3.63) is 22.7 Å². The van der Waals surface area contributed by atoms with Gasteiger partial charge in [0.25, 0.3) is 0 Å². The maximum atomic E-state index is 12.3. The normalized spacial score (nSPS) is 11.1. The van der Waals surface area contributed by atoms with Crippen LogP contribution >= 0.6 is 15.9 Å². The molecule has 0 saturated carbocycles. The third-order valence-corrected chi connectivity index (χ3v) is 2.61. The molecule has 0 heterocycles. The van der Waals surface area contributed by atoms with Crippen molar-refractivity contribution in [2.24, 2.45) is 0 Å². The van der Waals surface area contributed by atoms with Gasteiger partial charge in [0.2, 0.25) is 0 Å². The van der Waals surface area contributed by atoms with E-state index in [1.165, 1.54) is 12.1 Å². The number of carbonyl (C=O) groups is 1. The molecule has 0 fully saturated rings. The van der Waals surface area contributed by atoms with Gasteiger partial charge in [0.15, 0.2) is 5.75 Å². The molecule has 0 amide bonds. The third kappa shape index (κ3) is 6.14. The van der Waals surface area contributed by atoms with Crippen molar-refractivity contribution in [2.75, 3.05) is 18.5 Å². The van der Waals surface area contributed by atoms with Crippen LogP contribution in [0, 0.1) is 0 Å². The van der Waals surface area contributed by atoms with Crippen LogP contribution in [0.3, 0.4) is 0 Å². The molecule has 0 aliphatic rings. The smallest absolute Gasteiger partial charge is 0.466 e. The lowest BCUT2D eigenvalue weighted by molar-refractivity contribution is -0.274. The summed E-state index contributed by atoms with van der Waals surface area (Å²) in [5.41, 5.74) is 0.148. The molecule has 0 radical (unpaired) electrons. The Morgan fingerprint density at radius 2 is 2.10 bits per heavy atom. The predicted octanol–water partition coefficient (Wildman–Crippen LogP) is 3.71. The molecule has 0 saturated heterocycles. The van der Waals surface area contributed by atoms with Crippen molar-refractivity contribution in [1.29, 1.82) is 0 Å². The van der Waals surface area contributed by atoms with Crippen molar-refractivity contribution in [3.63, 3.8) is 0 Å². The molecule has 1 N–H and O–H groups in total. The second kappa shape index (κ2) is 7.37. The summed E-state index contributed by atoms with van der Waals surface area (Å²) in [6.07, 6.45) is -4.73. The molecule has 0 aliphatic heterocycles. The number of halogens is 4. The average molecular weight is 356 g/mol. The fourth-order valence-corrected chi connectivity index (χ4v) is 1.72. The van der Waals surface area contributed by atoms with E-state index in [0.29, 0.717) is 4.47 Å². The monoisotopic (exact) mass is 355 g/mol. The molecule has 1 rings (SSSR count). The number of esters is 1. The first-order valence-corrected chi connectivity index (χ1v) is 6.56. The molecule has 0 aliphatic carbocycles. The molecular formula is C12H13BrF3NO3. The van der Waals surface area contributed by atoms with Gasteiger partial charge in [0, 0.05) is 11.0 Å². The van der Waals surface area contributed by atoms with Gasteiger partial charge in [-0.2, -0.15) is 0 Å². The number of nitrogens with one attached hydrogen (secondary N) is 1. The van der Waals surface area contributed by atoms with Crippen LogP contribution in [0.4, 0.5) is 18.9 Å². The Labute approximate surface area is 122 Å². The minimum atomic E-state index is -4.78. The number of carbonyl (C=O) groups excluding carboxylic acids is 1. The number of alkyl halides is 3. The van der Waals surface area contributed by atoms with Crippen molar-refractivity contribution < 1.29 is 27.4 Å². The second-order valence-corrected chi connectivity index (χ2v) is 4.59. The van der Waals surface area contributed by atoms with E-state index in [0.717, 1.165) is 0 Å². The average Bonchev–Trinajstić information content (AvgIpc) is 2.30. The van der Waals surface area contributed by atoms with Crippen LogP contribution < -0.4 is 10.1 Å². The number of anilines is 1. The molecular weight excluding hydrogens is 343 g/mol. The van der Waals surface area contributed by atoms with Crippen molar-refractivity contribution in [2.45, 2.75) is 19.7 Å². The first kappa shape index (κ1) is 16.6. The molecule has 0 aromatic heterocycles. The van der Waals surface area contributed by atoms with Gasteiger partial charge < -0.3 is 14.8 Å². The summed E-state index contributed by atoms with van der Waals surface area (Å²) in [5, 5.41) is 2.71. The van der Waals surface area contributed by atoms with Crippen LogP contribution in [-0.2, 0) is 9.53 Å². The molecule has 0 atom stereocenters. The van der Waals surface area contributed by atoms with Crippen molar-refractivity contribution in [3.8, 4) is 5.75 Å². The molecule has 1 aromatic rings. The zero-order valence-corrected chi connectivity index (χ0v) is 12.2. The fourth-order valence-electron chi connectivity index (χ4n) is 1.38. The standard InChI is InChI=1S/C12H13BrF3NO3/c1-2-19-11(18)5-6-17-9-4-3-8(13)7-10(9)20-12(14,15)16/h3-4,7,17H,2,5-6H2,1H3. The lowest BCUT2D eigenvalue weighted by Crippen LogP contribution is -2.19. The van der Waals surface area contributed by atoms with Gasteiger partial charge in [-0.15, -0.1) is 13.2 Å². The van der Waals surface area contributed by atoms with Crippen molar-refractivity contribution >= 4 is 27.6 Å². The van der Waals surface area contributed by atoms with E-state index < -0.39 is 12.3 Å². The lowest BCUT2D eigenvalue weighted by Gasteiger charge is -2.14. The van der Waals surface area contributed by atoms with Gasteiger partial charge in [-0.05, 0) is 25.1 Å². The highest BCUT2D eigenvalue weighted by Crippen LogP contribution is 2.32. The summed E-state index contributed by atoms with van der Waals surface area (Å²) in [4.78, 5) is 11.1. The fraction of sp³-hybridized carbons (Fsp3) is 0.417. The summed E-state index contributed by atoms with van der Waals surface area (Å²) >= 11 is 3.07. The highest BCUT2D eigenvalue weighted by atomic mass is 79.9. The van der Waals surface area contributed by atoms with Gasteiger partial charge >= 0.3 is 12.3 Å². The number of hydrogen-bond acceptors (Lipinski definition) is 4. The van der Waals surface area contributed by atoms with Crippen LogP contribution in [-0.4, -0.2) is 25.5 Å². The zero-order chi connectivity index (χ0) is 15.2. The second-order valence-electron chi connectivity index (χ2n) is 3.67. The van der Waals surface area contributed by atoms with Crippen LogP contribution in [0.15, 0.2) is 22.7 Å². The summed E-state index contributed by atoms with van der Waals surface area (Å²) < 4.78 is 45.9. The van der Waals surface area contributed by atoms with E-state index in [9.17, 15) is 18.0 Å². The highest BCUT2D eigenvalue weighted by molar-refractivity contribution is 9.10. The third-order valence-electron chi connectivity index (χ3n) is 2.12. The van der Waals surface area contributed by atoms with Crippen LogP contribution in [0.5, 0.6) is 5.75 Å². The van der Waals surface area contributed by atoms with E-state index in [1.54, 1.807) is 13.0 Å². The van der Waals surface area contributed by atoms with Gasteiger partial charge in [0.1, 0.15) is 0 Å². The van der Waals surface area contributed by atoms with E-state index in [2.05, 4.69) is 26.0 Å². The molecule has 20 heavy (non-hydrogen) atoms. The molecule has 112 valence electrons. The number of benzene rings is 1. The Kier molecular flexibility index (Phi) is 6.12. The van der Waals surface area contributed by atoms with Crippen molar-refractivity contribution in [1.82, 2.24) is 0 Å². The SMILES string of the molecule is CCOC(=O)CCNc1ccc(Br)cc1OC(F)(F)F. The number of ether oxygens (including phenoxy) is 2. The zero-order valence-electron chi connectivity index (χ0n) is 10.6. The first-order valence-electron chi connectivity index (χ1n) is 5.76. The van der Waals surface area contributed by atoms with E-state index in [1.807, 2.05) is 0 Å². The Bertz CT molecular complexity index is 466. The van der Waals surface area contributed by atoms with E-state index in [4.69, 9.17) is 4.74 Å². The summed E-state index contributed by atoms with van der Waals surface area (Å²) in [7, 11) is 0. The maximum Gasteiger partial charge on any atom is 0.573 e. The molecule has 0 unspecified atom stereocenters. The Morgan fingerprint density at radius 1 is 1.40 bits per heavy atom. The van der Waals surface area contributed by atoms with Crippen LogP contribution in [0.25, 0.3) is 0 Å². The number of hydrogen-bond donors (Lipinski definition) is 1. The quantitative estimate of drug-likeness (QED) is 0.790. The van der Waals surface area contributed by atoms with E-state index in [-0.39, 0.29) is 31.0 Å². The van der Waals surface area contributed by atoms with Gasteiger partial charge in [-0.1, -0.05) is 15.9 Å². The Morgan fingerprint density at radius 3 is 2.70 bits per heavy atom. The summed E-state index contributed by atoms with van der Waals surface area (Å²) in [6.45, 7) is 2.09. The van der Waals surface area contributed by atoms with Crippen LogP contribution in [0.1, 0.15) is 13.3 Å². The van der Waals surface area contributed by atoms with E-state index >= 15 is 0 Å². The lowest BCUT2D eigenvalue weighted by atomic mass is 10.3. The molecule has 8 heteroatoms.